The maximum atomic E-state index is 13.8. The zero-order valence-electron chi connectivity index (χ0n) is 23.2. The Labute approximate surface area is 243 Å². The van der Waals surface area contributed by atoms with E-state index in [0.29, 0.717) is 6.42 Å². The number of carbonyl (C=O) groups excluding carboxylic acids is 2. The summed E-state index contributed by atoms with van der Waals surface area (Å²) in [5.41, 5.74) is 8.97. The quantitative estimate of drug-likeness (QED) is 0.162. The lowest BCUT2D eigenvalue weighted by molar-refractivity contribution is -0.153. The molecule has 2 heterocycles. The fourth-order valence-corrected chi connectivity index (χ4v) is 6.01. The van der Waals surface area contributed by atoms with Gasteiger partial charge in [0.2, 0.25) is 0 Å². The zero-order chi connectivity index (χ0) is 28.6. The standard InChI is InChI=1S/C32H31BrN2O4Si/c1-38-24-13-10-21(11-14-24)20-6-8-22(9-7-20)31-30-26(25-18-23(33)12-15-27(25)34-30)19-28(32(37)39-2)35(31)29(36)16-17-40(3,4)5/h6-15,18,28,31,34H,19H2,1-5H3. The first-order valence-electron chi connectivity index (χ1n) is 13.1. The van der Waals surface area contributed by atoms with E-state index in [9.17, 15) is 9.59 Å². The number of rotatable bonds is 4. The molecule has 40 heavy (non-hydrogen) atoms. The van der Waals surface area contributed by atoms with E-state index in [1.807, 2.05) is 66.7 Å². The van der Waals surface area contributed by atoms with Crippen molar-refractivity contribution in [2.75, 3.05) is 14.2 Å². The Morgan fingerprint density at radius 1 is 0.975 bits per heavy atom. The second-order valence-electron chi connectivity index (χ2n) is 10.9. The van der Waals surface area contributed by atoms with Gasteiger partial charge in [0.1, 0.15) is 19.9 Å². The average molecular weight is 616 g/mol. The Bertz CT molecular complexity index is 1640. The van der Waals surface area contributed by atoms with E-state index in [1.54, 1.807) is 12.0 Å². The van der Waals surface area contributed by atoms with Crippen molar-refractivity contribution in [2.24, 2.45) is 0 Å². The summed E-state index contributed by atoms with van der Waals surface area (Å²) in [7, 11) is 1.16. The number of aromatic nitrogens is 1. The van der Waals surface area contributed by atoms with Crippen molar-refractivity contribution >= 4 is 46.8 Å². The maximum Gasteiger partial charge on any atom is 0.328 e. The molecule has 3 aromatic carbocycles. The van der Waals surface area contributed by atoms with Crippen LogP contribution in [0.4, 0.5) is 0 Å². The molecule has 1 N–H and O–H groups in total. The Hall–Kier alpha value is -3.80. The number of fused-ring (bicyclic) bond motifs is 3. The molecule has 0 aliphatic carbocycles. The van der Waals surface area contributed by atoms with Gasteiger partial charge in [-0.2, -0.15) is 0 Å². The highest BCUT2D eigenvalue weighted by Crippen LogP contribution is 2.42. The first-order chi connectivity index (χ1) is 19.1. The monoisotopic (exact) mass is 614 g/mol. The highest BCUT2D eigenvalue weighted by atomic mass is 79.9. The van der Waals surface area contributed by atoms with Gasteiger partial charge in [0.05, 0.1) is 20.3 Å². The highest BCUT2D eigenvalue weighted by molar-refractivity contribution is 9.10. The number of ether oxygens (including phenoxy) is 2. The van der Waals surface area contributed by atoms with Crippen LogP contribution < -0.4 is 4.74 Å². The topological polar surface area (TPSA) is 71.6 Å². The van der Waals surface area contributed by atoms with E-state index < -0.39 is 26.1 Å². The van der Waals surface area contributed by atoms with Crippen molar-refractivity contribution in [3.05, 3.63) is 88.0 Å². The van der Waals surface area contributed by atoms with Gasteiger partial charge in [-0.3, -0.25) is 4.79 Å². The van der Waals surface area contributed by atoms with Crippen LogP contribution in [0.1, 0.15) is 22.9 Å². The van der Waals surface area contributed by atoms with Crippen LogP contribution in [0.15, 0.2) is 71.2 Å². The van der Waals surface area contributed by atoms with Crippen molar-refractivity contribution in [3.63, 3.8) is 0 Å². The maximum absolute atomic E-state index is 13.8. The van der Waals surface area contributed by atoms with E-state index in [2.05, 4.69) is 52.0 Å². The van der Waals surface area contributed by atoms with Crippen molar-refractivity contribution in [3.8, 4) is 28.3 Å². The fraction of sp³-hybridized carbons (Fsp3) is 0.250. The SMILES string of the molecule is COC(=O)C1Cc2c([nH]c3ccc(Br)cc23)C(c2ccc(-c3ccc(OC)cc3)cc2)N1C(=O)C#C[Si](C)(C)C. The average Bonchev–Trinajstić information content (AvgIpc) is 3.31. The third kappa shape index (κ3) is 5.44. The fourth-order valence-electron chi connectivity index (χ4n) is 5.17. The number of methoxy groups -OCH3 is 2. The molecule has 1 aromatic heterocycles. The van der Waals surface area contributed by atoms with Crippen LogP contribution in [-0.4, -0.2) is 50.1 Å². The molecular weight excluding hydrogens is 584 g/mol. The summed E-state index contributed by atoms with van der Waals surface area (Å²) in [6.07, 6.45) is 0.333. The largest absolute Gasteiger partial charge is 0.497 e. The van der Waals surface area contributed by atoms with Crippen LogP contribution in [0.5, 0.6) is 5.75 Å². The lowest BCUT2D eigenvalue weighted by atomic mass is 9.87. The Kier molecular flexibility index (Phi) is 7.63. The van der Waals surface area contributed by atoms with E-state index in [-0.39, 0.29) is 5.91 Å². The minimum atomic E-state index is -1.85. The Morgan fingerprint density at radius 2 is 1.62 bits per heavy atom. The molecule has 0 spiro atoms. The van der Waals surface area contributed by atoms with Crippen molar-refractivity contribution in [1.29, 1.82) is 0 Å². The molecule has 2 atom stereocenters. The summed E-state index contributed by atoms with van der Waals surface area (Å²) < 4.78 is 11.5. The van der Waals surface area contributed by atoms with E-state index >= 15 is 0 Å². The van der Waals surface area contributed by atoms with Gasteiger partial charge in [-0.05, 0) is 58.5 Å². The molecule has 0 fully saturated rings. The van der Waals surface area contributed by atoms with Crippen molar-refractivity contribution in [1.82, 2.24) is 9.88 Å². The predicted octanol–water partition coefficient (Wildman–Crippen LogP) is 6.50. The summed E-state index contributed by atoms with van der Waals surface area (Å²) in [6.45, 7) is 6.26. The van der Waals surface area contributed by atoms with Crippen LogP contribution in [-0.2, 0) is 20.7 Å². The number of hydrogen-bond donors (Lipinski definition) is 1. The summed E-state index contributed by atoms with van der Waals surface area (Å²) >= 11 is 3.58. The van der Waals surface area contributed by atoms with E-state index in [1.165, 1.54) is 7.11 Å². The molecule has 0 bridgehead atoms. The van der Waals surface area contributed by atoms with Crippen molar-refractivity contribution in [2.45, 2.75) is 38.1 Å². The number of aromatic amines is 1. The molecule has 1 aliphatic rings. The minimum absolute atomic E-state index is 0.333. The summed E-state index contributed by atoms with van der Waals surface area (Å²) in [5, 5.41) is 1.01. The molecule has 8 heteroatoms. The molecule has 1 amide bonds. The van der Waals surface area contributed by atoms with Crippen LogP contribution in [0, 0.1) is 11.5 Å². The Morgan fingerprint density at radius 3 is 2.23 bits per heavy atom. The highest BCUT2D eigenvalue weighted by Gasteiger charge is 2.43. The molecule has 2 unspecified atom stereocenters. The normalized spacial score (nSPS) is 16.6. The van der Waals surface area contributed by atoms with Gasteiger partial charge in [0.25, 0.3) is 5.91 Å². The number of hydrogen-bond acceptors (Lipinski definition) is 4. The third-order valence-electron chi connectivity index (χ3n) is 7.09. The summed E-state index contributed by atoms with van der Waals surface area (Å²) in [5.74, 6) is 2.83. The number of benzene rings is 3. The molecule has 0 saturated carbocycles. The van der Waals surface area contributed by atoms with Crippen LogP contribution in [0.25, 0.3) is 22.0 Å². The summed E-state index contributed by atoms with van der Waals surface area (Å²) in [4.78, 5) is 32.2. The molecule has 0 saturated heterocycles. The Balaban J connectivity index is 1.67. The molecule has 0 radical (unpaired) electrons. The predicted molar refractivity (Wildman–Crippen MR) is 164 cm³/mol. The lowest BCUT2D eigenvalue weighted by Crippen LogP contribution is -2.51. The second kappa shape index (κ2) is 11.0. The number of halogens is 1. The third-order valence-corrected chi connectivity index (χ3v) is 8.46. The van der Waals surface area contributed by atoms with Gasteiger partial charge < -0.3 is 19.4 Å². The number of nitrogens with one attached hydrogen (secondary N) is 1. The molecule has 204 valence electrons. The minimum Gasteiger partial charge on any atom is -0.497 e. The van der Waals surface area contributed by atoms with Crippen molar-refractivity contribution < 1.29 is 19.1 Å². The number of nitrogens with zero attached hydrogens (tertiary/aromatic N) is 1. The number of carbonyl (C=O) groups is 2. The van der Waals surface area contributed by atoms with Crippen LogP contribution in [0.3, 0.4) is 0 Å². The van der Waals surface area contributed by atoms with E-state index in [4.69, 9.17) is 9.47 Å². The smallest absolute Gasteiger partial charge is 0.328 e. The first-order valence-corrected chi connectivity index (χ1v) is 17.4. The second-order valence-corrected chi connectivity index (χ2v) is 16.6. The van der Waals surface area contributed by atoms with Crippen LogP contribution >= 0.6 is 15.9 Å². The number of H-pyrrole nitrogens is 1. The number of amides is 1. The van der Waals surface area contributed by atoms with Gasteiger partial charge in [0, 0.05) is 27.5 Å². The zero-order valence-corrected chi connectivity index (χ0v) is 25.8. The molecule has 4 aromatic rings. The number of esters is 1. The van der Waals surface area contributed by atoms with Gasteiger partial charge in [-0.15, -0.1) is 5.54 Å². The molecule has 6 nitrogen and oxygen atoms in total. The van der Waals surface area contributed by atoms with Gasteiger partial charge in [-0.1, -0.05) is 72.0 Å². The van der Waals surface area contributed by atoms with Gasteiger partial charge in [-0.25, -0.2) is 4.79 Å². The summed E-state index contributed by atoms with van der Waals surface area (Å²) in [6, 6.07) is 20.6. The van der Waals surface area contributed by atoms with Gasteiger partial charge >= 0.3 is 5.97 Å². The van der Waals surface area contributed by atoms with Gasteiger partial charge in [0.15, 0.2) is 0 Å². The molecule has 1 aliphatic heterocycles. The molecule has 5 rings (SSSR count). The lowest BCUT2D eigenvalue weighted by Gasteiger charge is -2.40. The van der Waals surface area contributed by atoms with E-state index in [0.717, 1.165) is 49.1 Å². The molecular formula is C32H31BrN2O4Si. The van der Waals surface area contributed by atoms with Crippen LogP contribution in [0.2, 0.25) is 19.6 Å². The first kappa shape index (κ1) is 27.8.